The average molecular weight is 334 g/mol. The minimum Gasteiger partial charge on any atom is -0.497 e. The van der Waals surface area contributed by atoms with Crippen molar-refractivity contribution in [1.82, 2.24) is 15.3 Å². The lowest BCUT2D eigenvalue weighted by Crippen LogP contribution is -2.30. The molecule has 0 atom stereocenters. The van der Waals surface area contributed by atoms with Crippen LogP contribution in [0.3, 0.4) is 0 Å². The van der Waals surface area contributed by atoms with Crippen LogP contribution in [0.25, 0.3) is 5.57 Å². The van der Waals surface area contributed by atoms with Gasteiger partial charge in [0.1, 0.15) is 17.3 Å². The van der Waals surface area contributed by atoms with Crippen LogP contribution in [0.1, 0.15) is 22.5 Å². The lowest BCUT2D eigenvalue weighted by atomic mass is 10.1. The number of methoxy groups -OCH3 is 1. The first-order chi connectivity index (χ1) is 12.3. The maximum absolute atomic E-state index is 12.2. The number of nitrogens with one attached hydrogen (secondary N) is 2. The average Bonchev–Trinajstić information content (AvgIpc) is 3.20. The second-order valence-corrected chi connectivity index (χ2v) is 5.29. The van der Waals surface area contributed by atoms with Gasteiger partial charge in [0.25, 0.3) is 5.91 Å². The number of carbonyl (C=O) groups is 1. The molecule has 0 spiro atoms. The van der Waals surface area contributed by atoms with Crippen LogP contribution in [0, 0.1) is 0 Å². The summed E-state index contributed by atoms with van der Waals surface area (Å²) >= 11 is 0. The van der Waals surface area contributed by atoms with Gasteiger partial charge < -0.3 is 15.0 Å². The smallest absolute Gasteiger partial charge is 0.274 e. The summed E-state index contributed by atoms with van der Waals surface area (Å²) in [6, 6.07) is 9.90. The molecule has 0 fully saturated rings. The molecule has 0 aliphatic carbocycles. The van der Waals surface area contributed by atoms with Crippen molar-refractivity contribution in [2.45, 2.75) is 6.42 Å². The molecule has 2 N–H and O–H groups in total. The Morgan fingerprint density at radius 2 is 2.08 bits per heavy atom. The molecule has 1 aliphatic heterocycles. The van der Waals surface area contributed by atoms with Crippen LogP contribution in [0.4, 0.5) is 0 Å². The third-order valence-corrected chi connectivity index (χ3v) is 3.63. The molecule has 2 heterocycles. The molecule has 6 nitrogen and oxygen atoms in total. The molecule has 1 amide bonds. The molecule has 0 radical (unpaired) electrons. The third kappa shape index (κ3) is 4.32. The zero-order valence-corrected chi connectivity index (χ0v) is 13.8. The summed E-state index contributed by atoms with van der Waals surface area (Å²) in [7, 11) is 1.61. The van der Waals surface area contributed by atoms with Crippen LogP contribution in [0.2, 0.25) is 0 Å². The molecular weight excluding hydrogens is 316 g/mol. The topological polar surface area (TPSA) is 79.4 Å². The number of imidazole rings is 1. The summed E-state index contributed by atoms with van der Waals surface area (Å²) in [5.41, 5.74) is 2.32. The van der Waals surface area contributed by atoms with Crippen molar-refractivity contribution in [3.63, 3.8) is 0 Å². The number of amides is 1. The van der Waals surface area contributed by atoms with Gasteiger partial charge in [-0.05, 0) is 23.8 Å². The molecule has 1 aliphatic rings. The number of aromatic amines is 1. The van der Waals surface area contributed by atoms with Gasteiger partial charge >= 0.3 is 0 Å². The second kappa shape index (κ2) is 7.92. The van der Waals surface area contributed by atoms with E-state index in [1.807, 2.05) is 48.6 Å². The molecular formula is C19H18N4O2. The van der Waals surface area contributed by atoms with E-state index in [0.29, 0.717) is 23.7 Å². The first kappa shape index (κ1) is 16.4. The summed E-state index contributed by atoms with van der Waals surface area (Å²) in [6.45, 7) is 0. The van der Waals surface area contributed by atoms with Crippen LogP contribution in [-0.2, 0) is 4.74 Å². The largest absolute Gasteiger partial charge is 0.497 e. The first-order valence-corrected chi connectivity index (χ1v) is 7.80. The van der Waals surface area contributed by atoms with E-state index < -0.39 is 0 Å². The van der Waals surface area contributed by atoms with E-state index in [2.05, 4.69) is 20.3 Å². The van der Waals surface area contributed by atoms with Gasteiger partial charge in [0.05, 0.1) is 19.6 Å². The first-order valence-electron chi connectivity index (χ1n) is 7.80. The Hall–Kier alpha value is -3.41. The summed E-state index contributed by atoms with van der Waals surface area (Å²) in [6.07, 6.45) is 10.8. The minimum atomic E-state index is -0.287. The molecule has 126 valence electrons. The molecule has 0 saturated carbocycles. The predicted molar refractivity (Wildman–Crippen MR) is 96.8 cm³/mol. The number of rotatable bonds is 3. The van der Waals surface area contributed by atoms with E-state index in [4.69, 9.17) is 4.74 Å². The van der Waals surface area contributed by atoms with E-state index in [1.165, 1.54) is 12.5 Å². The van der Waals surface area contributed by atoms with E-state index in [1.54, 1.807) is 13.3 Å². The van der Waals surface area contributed by atoms with Gasteiger partial charge in [-0.3, -0.25) is 4.79 Å². The highest BCUT2D eigenvalue weighted by atomic mass is 16.5. The van der Waals surface area contributed by atoms with Crippen molar-refractivity contribution in [1.29, 1.82) is 0 Å². The standard InChI is InChI=1S/C19H18N4O2/c1-25-16-8-7-15(14-5-3-2-4-6-14)11-21-18(10-9-16)23-19(24)17-12-20-13-22-17/h2-9,11-13H,10H2,1H3,(H,20,22)(H,21,23,24)/b8-7?,15-11+,16-9?. The number of hydrogen-bond donors (Lipinski definition) is 2. The van der Waals surface area contributed by atoms with Gasteiger partial charge in [0.2, 0.25) is 0 Å². The Balaban J connectivity index is 1.90. The predicted octanol–water partition coefficient (Wildman–Crippen LogP) is 3.07. The summed E-state index contributed by atoms with van der Waals surface area (Å²) < 4.78 is 5.36. The number of aromatic nitrogens is 2. The molecule has 0 bridgehead atoms. The van der Waals surface area contributed by atoms with Crippen molar-refractivity contribution < 1.29 is 9.53 Å². The lowest BCUT2D eigenvalue weighted by Gasteiger charge is -2.05. The van der Waals surface area contributed by atoms with Gasteiger partial charge in [0, 0.05) is 18.2 Å². The number of nitrogens with zero attached hydrogens (tertiary/aromatic N) is 2. The summed E-state index contributed by atoms with van der Waals surface area (Å²) in [5.74, 6) is 0.934. The molecule has 1 aromatic carbocycles. The zero-order chi connectivity index (χ0) is 17.5. The maximum Gasteiger partial charge on any atom is 0.274 e. The van der Waals surface area contributed by atoms with E-state index in [0.717, 1.165) is 11.1 Å². The van der Waals surface area contributed by atoms with Crippen molar-refractivity contribution in [3.05, 3.63) is 84.3 Å². The Labute approximate surface area is 145 Å². The number of amidine groups is 1. The highest BCUT2D eigenvalue weighted by Gasteiger charge is 2.10. The molecule has 1 aromatic heterocycles. The minimum absolute atomic E-state index is 0.287. The monoisotopic (exact) mass is 334 g/mol. The second-order valence-electron chi connectivity index (χ2n) is 5.29. The fourth-order valence-corrected chi connectivity index (χ4v) is 2.29. The molecule has 0 saturated heterocycles. The molecule has 25 heavy (non-hydrogen) atoms. The van der Waals surface area contributed by atoms with E-state index in [-0.39, 0.29) is 5.91 Å². The number of allylic oxidation sites excluding steroid dienone is 3. The zero-order valence-electron chi connectivity index (χ0n) is 13.8. The van der Waals surface area contributed by atoms with E-state index >= 15 is 0 Å². The Morgan fingerprint density at radius 3 is 2.80 bits per heavy atom. The quantitative estimate of drug-likeness (QED) is 0.905. The Morgan fingerprint density at radius 1 is 1.24 bits per heavy atom. The van der Waals surface area contributed by atoms with Crippen molar-refractivity contribution >= 4 is 17.3 Å². The number of hydrogen-bond acceptors (Lipinski definition) is 4. The van der Waals surface area contributed by atoms with Gasteiger partial charge in [0.15, 0.2) is 0 Å². The van der Waals surface area contributed by atoms with Crippen LogP contribution < -0.4 is 5.32 Å². The normalized spacial score (nSPS) is 16.4. The fraction of sp³-hybridized carbons (Fsp3) is 0.105. The van der Waals surface area contributed by atoms with Crippen molar-refractivity contribution in [2.24, 2.45) is 4.99 Å². The third-order valence-electron chi connectivity index (χ3n) is 3.63. The summed E-state index contributed by atoms with van der Waals surface area (Å²) in [4.78, 5) is 23.3. The van der Waals surface area contributed by atoms with Crippen LogP contribution in [-0.4, -0.2) is 28.8 Å². The molecule has 2 aromatic rings. The van der Waals surface area contributed by atoms with Gasteiger partial charge in [-0.25, -0.2) is 9.98 Å². The Kier molecular flexibility index (Phi) is 5.21. The van der Waals surface area contributed by atoms with Crippen LogP contribution in [0.5, 0.6) is 0 Å². The lowest BCUT2D eigenvalue weighted by molar-refractivity contribution is 0.0972. The number of carbonyl (C=O) groups excluding carboxylic acids is 1. The molecule has 6 heteroatoms. The number of H-pyrrole nitrogens is 1. The molecule has 0 unspecified atom stereocenters. The van der Waals surface area contributed by atoms with Crippen molar-refractivity contribution in [2.75, 3.05) is 7.11 Å². The molecule has 3 rings (SSSR count). The van der Waals surface area contributed by atoms with Crippen LogP contribution in [0.15, 0.2) is 78.0 Å². The number of ether oxygens (including phenoxy) is 1. The highest BCUT2D eigenvalue weighted by molar-refractivity contribution is 6.06. The fourth-order valence-electron chi connectivity index (χ4n) is 2.29. The SMILES string of the molecule is COC1=CCC(NC(=O)c2cnc[nH]2)=N/C=C(/c2ccccc2)C=C1. The maximum atomic E-state index is 12.2. The van der Waals surface area contributed by atoms with Gasteiger partial charge in [-0.2, -0.15) is 0 Å². The van der Waals surface area contributed by atoms with Gasteiger partial charge in [-0.1, -0.05) is 30.3 Å². The van der Waals surface area contributed by atoms with Gasteiger partial charge in [-0.15, -0.1) is 0 Å². The number of aliphatic imine (C=N–C) groups is 1. The van der Waals surface area contributed by atoms with E-state index in [9.17, 15) is 4.79 Å². The summed E-state index contributed by atoms with van der Waals surface area (Å²) in [5, 5.41) is 2.80. The van der Waals surface area contributed by atoms with Crippen molar-refractivity contribution in [3.8, 4) is 0 Å². The highest BCUT2D eigenvalue weighted by Crippen LogP contribution is 2.18. The Bertz CT molecular complexity index is 847. The van der Waals surface area contributed by atoms with Crippen LogP contribution >= 0.6 is 0 Å². The number of benzene rings is 1.